The van der Waals surface area contributed by atoms with Crippen LogP contribution < -0.4 is 4.90 Å². The molecule has 3 aromatic rings. The van der Waals surface area contributed by atoms with Crippen molar-refractivity contribution in [2.75, 3.05) is 4.90 Å². The Hall–Kier alpha value is -2.75. The fraction of sp³-hybridized carbons (Fsp3) is 0.100. The first-order valence-corrected chi connectivity index (χ1v) is 7.54. The maximum Gasteiger partial charge on any atom is 0.147 e. The second kappa shape index (κ2) is 6.40. The minimum atomic E-state index is -0.543. The monoisotopic (exact) mass is 327 g/mol. The topological polar surface area (TPSA) is 3.24 Å². The van der Waals surface area contributed by atoms with Gasteiger partial charge in [-0.3, -0.25) is 0 Å². The van der Waals surface area contributed by atoms with Crippen molar-refractivity contribution in [2.24, 2.45) is 0 Å². The van der Waals surface area contributed by atoms with Gasteiger partial charge in [-0.05, 0) is 61.9 Å². The molecule has 0 saturated carbocycles. The molecule has 24 heavy (non-hydrogen) atoms. The van der Waals surface area contributed by atoms with Gasteiger partial charge in [0.05, 0.1) is 5.69 Å². The molecule has 0 heterocycles. The van der Waals surface area contributed by atoms with Crippen LogP contribution in [0.25, 0.3) is 0 Å². The van der Waals surface area contributed by atoms with E-state index in [2.05, 4.69) is 0 Å². The van der Waals surface area contributed by atoms with Crippen LogP contribution in [0.15, 0.2) is 60.7 Å². The molecule has 3 aromatic carbocycles. The lowest BCUT2D eigenvalue weighted by Gasteiger charge is -2.26. The van der Waals surface area contributed by atoms with Crippen molar-refractivity contribution < 1.29 is 13.2 Å². The molecule has 0 aliphatic heterocycles. The average Bonchev–Trinajstić information content (AvgIpc) is 2.56. The lowest BCUT2D eigenvalue weighted by atomic mass is 10.1. The molecule has 0 fully saturated rings. The highest BCUT2D eigenvalue weighted by Crippen LogP contribution is 2.37. The fourth-order valence-electron chi connectivity index (χ4n) is 2.52. The molecule has 0 atom stereocenters. The summed E-state index contributed by atoms with van der Waals surface area (Å²) < 4.78 is 41.8. The Morgan fingerprint density at radius 1 is 0.667 bits per heavy atom. The van der Waals surface area contributed by atoms with Crippen LogP contribution in [0.3, 0.4) is 0 Å². The number of rotatable bonds is 3. The van der Waals surface area contributed by atoms with Crippen molar-refractivity contribution in [3.63, 3.8) is 0 Å². The molecule has 0 aromatic heterocycles. The van der Waals surface area contributed by atoms with Crippen molar-refractivity contribution in [2.45, 2.75) is 13.8 Å². The van der Waals surface area contributed by atoms with Crippen LogP contribution >= 0.6 is 0 Å². The van der Waals surface area contributed by atoms with E-state index in [9.17, 15) is 13.2 Å². The molecule has 1 nitrogen and oxygen atoms in total. The minimum absolute atomic E-state index is 0.0774. The summed E-state index contributed by atoms with van der Waals surface area (Å²) in [4.78, 5) is 1.57. The summed E-state index contributed by atoms with van der Waals surface area (Å²) in [5, 5.41) is 0. The maximum absolute atomic E-state index is 14.5. The molecule has 0 aliphatic carbocycles. The summed E-state index contributed by atoms with van der Waals surface area (Å²) in [5.74, 6) is -1.43. The first-order chi connectivity index (χ1) is 11.5. The minimum Gasteiger partial charge on any atom is -0.308 e. The Labute approximate surface area is 139 Å². The molecule has 0 aliphatic rings. The molecule has 0 bridgehead atoms. The zero-order valence-corrected chi connectivity index (χ0v) is 13.4. The highest BCUT2D eigenvalue weighted by Gasteiger charge is 2.18. The van der Waals surface area contributed by atoms with Crippen molar-refractivity contribution in [1.29, 1.82) is 0 Å². The number of anilines is 3. The summed E-state index contributed by atoms with van der Waals surface area (Å²) in [7, 11) is 0. The van der Waals surface area contributed by atoms with E-state index < -0.39 is 17.5 Å². The van der Waals surface area contributed by atoms with Crippen molar-refractivity contribution in [1.82, 2.24) is 0 Å². The van der Waals surface area contributed by atoms with Gasteiger partial charge in [-0.15, -0.1) is 0 Å². The standard InChI is InChI=1S/C20H16F3N/c1-13-3-7-16(8-4-13)24(17-9-5-15(21)6-10-17)20-12-18(22)14(2)11-19(20)23/h3-12H,1-2H3. The van der Waals surface area contributed by atoms with E-state index in [1.807, 2.05) is 31.2 Å². The van der Waals surface area contributed by atoms with Crippen LogP contribution in [0.2, 0.25) is 0 Å². The second-order valence-corrected chi connectivity index (χ2v) is 5.70. The normalized spacial score (nSPS) is 10.7. The molecule has 3 rings (SSSR count). The van der Waals surface area contributed by atoms with E-state index in [1.165, 1.54) is 31.2 Å². The van der Waals surface area contributed by atoms with E-state index in [0.717, 1.165) is 17.7 Å². The van der Waals surface area contributed by atoms with Crippen LogP contribution in [0.1, 0.15) is 11.1 Å². The number of hydrogen-bond donors (Lipinski definition) is 0. The molecule has 0 amide bonds. The highest BCUT2D eigenvalue weighted by molar-refractivity contribution is 5.77. The Bertz CT molecular complexity index is 810. The predicted molar refractivity (Wildman–Crippen MR) is 90.5 cm³/mol. The summed E-state index contributed by atoms with van der Waals surface area (Å²) in [6.07, 6.45) is 0. The Balaban J connectivity index is 2.20. The van der Waals surface area contributed by atoms with Gasteiger partial charge in [-0.1, -0.05) is 17.7 Å². The number of benzene rings is 3. The SMILES string of the molecule is Cc1ccc(N(c2ccc(F)cc2)c2cc(F)c(C)cc2F)cc1. The summed E-state index contributed by atoms with van der Waals surface area (Å²) in [6, 6.07) is 15.4. The Morgan fingerprint density at radius 3 is 1.79 bits per heavy atom. The Kier molecular flexibility index (Phi) is 4.30. The third kappa shape index (κ3) is 3.13. The molecule has 0 N–H and O–H groups in total. The Morgan fingerprint density at radius 2 is 1.21 bits per heavy atom. The fourth-order valence-corrected chi connectivity index (χ4v) is 2.52. The van der Waals surface area contributed by atoms with Gasteiger partial charge in [0.2, 0.25) is 0 Å². The quantitative estimate of drug-likeness (QED) is 0.554. The molecular formula is C20H16F3N. The number of halogens is 3. The third-order valence-corrected chi connectivity index (χ3v) is 3.85. The number of aryl methyl sites for hydroxylation is 2. The van der Waals surface area contributed by atoms with Gasteiger partial charge in [0.15, 0.2) is 0 Å². The summed E-state index contributed by atoms with van der Waals surface area (Å²) in [5.41, 5.74) is 2.57. The van der Waals surface area contributed by atoms with Crippen LogP contribution in [0.4, 0.5) is 30.2 Å². The summed E-state index contributed by atoms with van der Waals surface area (Å²) in [6.45, 7) is 3.45. The van der Waals surface area contributed by atoms with E-state index >= 15 is 0 Å². The molecule has 0 spiro atoms. The molecule has 0 saturated heterocycles. The summed E-state index contributed by atoms with van der Waals surface area (Å²) >= 11 is 0. The van der Waals surface area contributed by atoms with Crippen LogP contribution in [0.5, 0.6) is 0 Å². The smallest absolute Gasteiger partial charge is 0.147 e. The zero-order valence-electron chi connectivity index (χ0n) is 13.4. The number of hydrogen-bond acceptors (Lipinski definition) is 1. The molecule has 122 valence electrons. The lowest BCUT2D eigenvalue weighted by molar-refractivity contribution is 0.593. The molecule has 4 heteroatoms. The van der Waals surface area contributed by atoms with E-state index in [4.69, 9.17) is 0 Å². The first kappa shape index (κ1) is 16.1. The van der Waals surface area contributed by atoms with Crippen LogP contribution in [-0.4, -0.2) is 0 Å². The second-order valence-electron chi connectivity index (χ2n) is 5.70. The van der Waals surface area contributed by atoms with Gasteiger partial charge >= 0.3 is 0 Å². The lowest BCUT2D eigenvalue weighted by Crippen LogP contribution is -2.12. The van der Waals surface area contributed by atoms with E-state index in [1.54, 1.807) is 4.90 Å². The van der Waals surface area contributed by atoms with Crippen LogP contribution in [-0.2, 0) is 0 Å². The van der Waals surface area contributed by atoms with Crippen molar-refractivity contribution in [3.05, 3.63) is 89.2 Å². The van der Waals surface area contributed by atoms with Gasteiger partial charge < -0.3 is 4.90 Å². The zero-order chi connectivity index (χ0) is 17.3. The molecule has 0 radical (unpaired) electrons. The van der Waals surface area contributed by atoms with Gasteiger partial charge in [0, 0.05) is 17.4 Å². The van der Waals surface area contributed by atoms with Gasteiger partial charge in [-0.2, -0.15) is 0 Å². The predicted octanol–water partition coefficient (Wildman–Crippen LogP) is 6.19. The average molecular weight is 327 g/mol. The largest absolute Gasteiger partial charge is 0.308 e. The van der Waals surface area contributed by atoms with E-state index in [0.29, 0.717) is 11.4 Å². The van der Waals surface area contributed by atoms with Crippen molar-refractivity contribution >= 4 is 17.1 Å². The molecular weight excluding hydrogens is 311 g/mol. The third-order valence-electron chi connectivity index (χ3n) is 3.85. The van der Waals surface area contributed by atoms with Gasteiger partial charge in [0.25, 0.3) is 0 Å². The first-order valence-electron chi connectivity index (χ1n) is 7.54. The number of nitrogens with zero attached hydrogens (tertiary/aromatic N) is 1. The van der Waals surface area contributed by atoms with E-state index in [-0.39, 0.29) is 11.3 Å². The highest BCUT2D eigenvalue weighted by atomic mass is 19.1. The van der Waals surface area contributed by atoms with Gasteiger partial charge in [-0.25, -0.2) is 13.2 Å². The maximum atomic E-state index is 14.5. The molecule has 0 unspecified atom stereocenters. The van der Waals surface area contributed by atoms with Gasteiger partial charge in [0.1, 0.15) is 17.5 Å². The van der Waals surface area contributed by atoms with Crippen molar-refractivity contribution in [3.8, 4) is 0 Å². The van der Waals surface area contributed by atoms with Crippen LogP contribution in [0, 0.1) is 31.3 Å².